The Balaban J connectivity index is 1.88. The maximum atomic E-state index is 12.7. The SMILES string of the molecule is CC(=O)C1=C(C)NC(SCC(=O)Nc2c(Br)cc(Cl)cc2Br)=C(C#N)[C@H]1c1ccc(Cl)cc1. The highest BCUT2D eigenvalue weighted by molar-refractivity contribution is 9.11. The highest BCUT2D eigenvalue weighted by Crippen LogP contribution is 2.41. The molecule has 0 saturated carbocycles. The van der Waals surface area contributed by atoms with Crippen molar-refractivity contribution in [2.75, 3.05) is 11.1 Å². The van der Waals surface area contributed by atoms with Crippen LogP contribution >= 0.6 is 66.8 Å². The monoisotopic (exact) mass is 627 g/mol. The van der Waals surface area contributed by atoms with Gasteiger partial charge in [-0.25, -0.2) is 0 Å². The summed E-state index contributed by atoms with van der Waals surface area (Å²) >= 11 is 20.0. The number of hydrogen-bond donors (Lipinski definition) is 2. The summed E-state index contributed by atoms with van der Waals surface area (Å²) in [6.07, 6.45) is 0. The molecule has 33 heavy (non-hydrogen) atoms. The van der Waals surface area contributed by atoms with Gasteiger partial charge in [0.1, 0.15) is 0 Å². The first kappa shape index (κ1) is 25.9. The molecule has 0 unspecified atom stereocenters. The van der Waals surface area contributed by atoms with Crippen molar-refractivity contribution in [1.29, 1.82) is 5.26 Å². The summed E-state index contributed by atoms with van der Waals surface area (Å²) in [4.78, 5) is 25.1. The fraction of sp³-hybridized carbons (Fsp3) is 0.174. The predicted molar refractivity (Wildman–Crippen MR) is 141 cm³/mol. The number of nitrogens with one attached hydrogen (secondary N) is 2. The first-order valence-corrected chi connectivity index (χ1v) is 12.9. The summed E-state index contributed by atoms with van der Waals surface area (Å²) in [7, 11) is 0. The molecule has 0 spiro atoms. The molecule has 2 aromatic rings. The van der Waals surface area contributed by atoms with E-state index in [0.29, 0.717) is 46.6 Å². The Morgan fingerprint density at radius 3 is 2.30 bits per heavy atom. The van der Waals surface area contributed by atoms with Crippen molar-refractivity contribution in [3.8, 4) is 6.07 Å². The highest BCUT2D eigenvalue weighted by atomic mass is 79.9. The van der Waals surface area contributed by atoms with Crippen LogP contribution in [0.15, 0.2) is 67.2 Å². The quantitative estimate of drug-likeness (QED) is 0.354. The van der Waals surface area contributed by atoms with E-state index in [-0.39, 0.29) is 17.4 Å². The molecule has 10 heteroatoms. The number of nitrogens with zero attached hydrogens (tertiary/aromatic N) is 1. The fourth-order valence-corrected chi connectivity index (χ4v) is 6.34. The molecule has 1 atom stereocenters. The normalized spacial score (nSPS) is 15.7. The summed E-state index contributed by atoms with van der Waals surface area (Å²) in [5, 5.41) is 17.6. The summed E-state index contributed by atoms with van der Waals surface area (Å²) < 4.78 is 1.28. The van der Waals surface area contributed by atoms with Crippen LogP contribution < -0.4 is 10.6 Å². The smallest absolute Gasteiger partial charge is 0.234 e. The van der Waals surface area contributed by atoms with E-state index in [1.807, 2.05) is 0 Å². The van der Waals surface area contributed by atoms with Gasteiger partial charge in [0, 0.05) is 30.3 Å². The number of hydrogen-bond acceptors (Lipinski definition) is 5. The van der Waals surface area contributed by atoms with E-state index in [9.17, 15) is 14.9 Å². The van der Waals surface area contributed by atoms with Crippen LogP contribution in [-0.4, -0.2) is 17.4 Å². The number of rotatable bonds is 6. The number of carbonyl (C=O) groups excluding carboxylic acids is 2. The number of carbonyl (C=O) groups is 2. The van der Waals surface area contributed by atoms with Gasteiger partial charge in [0.25, 0.3) is 0 Å². The molecule has 0 fully saturated rings. The van der Waals surface area contributed by atoms with Gasteiger partial charge >= 0.3 is 0 Å². The summed E-state index contributed by atoms with van der Waals surface area (Å²) in [6, 6.07) is 12.7. The zero-order valence-corrected chi connectivity index (χ0v) is 22.9. The summed E-state index contributed by atoms with van der Waals surface area (Å²) in [6.45, 7) is 3.27. The van der Waals surface area contributed by atoms with Crippen molar-refractivity contribution in [3.05, 3.63) is 82.8 Å². The first-order valence-electron chi connectivity index (χ1n) is 9.58. The van der Waals surface area contributed by atoms with Gasteiger partial charge in [0.15, 0.2) is 5.78 Å². The van der Waals surface area contributed by atoms with Crippen LogP contribution in [0.3, 0.4) is 0 Å². The number of amides is 1. The second kappa shape index (κ2) is 11.1. The van der Waals surface area contributed by atoms with E-state index in [1.165, 1.54) is 18.7 Å². The van der Waals surface area contributed by atoms with E-state index in [2.05, 4.69) is 48.6 Å². The molecule has 1 heterocycles. The molecule has 1 aliphatic rings. The molecule has 2 N–H and O–H groups in total. The van der Waals surface area contributed by atoms with Gasteiger partial charge in [0.05, 0.1) is 34.0 Å². The van der Waals surface area contributed by atoms with Crippen LogP contribution in [0.2, 0.25) is 10.0 Å². The van der Waals surface area contributed by atoms with Crippen molar-refractivity contribution in [3.63, 3.8) is 0 Å². The van der Waals surface area contributed by atoms with Crippen molar-refractivity contribution in [1.82, 2.24) is 5.32 Å². The minimum atomic E-state index is -0.545. The molecular weight excluding hydrogens is 613 g/mol. The number of allylic oxidation sites excluding steroid dienone is 3. The van der Waals surface area contributed by atoms with Gasteiger partial charge in [-0.3, -0.25) is 9.59 Å². The fourth-order valence-electron chi connectivity index (χ4n) is 3.46. The lowest BCUT2D eigenvalue weighted by molar-refractivity contribution is -0.114. The maximum absolute atomic E-state index is 12.7. The lowest BCUT2D eigenvalue weighted by atomic mass is 9.81. The van der Waals surface area contributed by atoms with Crippen molar-refractivity contribution in [2.24, 2.45) is 0 Å². The van der Waals surface area contributed by atoms with Crippen LogP contribution in [0.1, 0.15) is 25.3 Å². The zero-order chi connectivity index (χ0) is 24.3. The van der Waals surface area contributed by atoms with Gasteiger partial charge in [-0.05, 0) is 75.5 Å². The Morgan fingerprint density at radius 1 is 1.15 bits per heavy atom. The third-order valence-electron chi connectivity index (χ3n) is 4.85. The van der Waals surface area contributed by atoms with Gasteiger partial charge in [0.2, 0.25) is 5.91 Å². The van der Waals surface area contributed by atoms with E-state index in [4.69, 9.17) is 23.2 Å². The van der Waals surface area contributed by atoms with E-state index in [1.54, 1.807) is 43.3 Å². The molecule has 0 saturated heterocycles. The van der Waals surface area contributed by atoms with E-state index >= 15 is 0 Å². The van der Waals surface area contributed by atoms with Crippen molar-refractivity contribution in [2.45, 2.75) is 19.8 Å². The van der Waals surface area contributed by atoms with Crippen LogP contribution in [0.4, 0.5) is 5.69 Å². The standard InChI is InChI=1S/C23H17Br2Cl2N3O2S/c1-11-20(12(2)31)21(13-3-5-14(26)6-4-13)16(9-28)23(29-11)33-10-19(32)30-22-17(24)7-15(27)8-18(22)25/h3-8,21,29H,10H2,1-2H3,(H,30,32)/t21-/m1/s1. The van der Waals surface area contributed by atoms with E-state index in [0.717, 1.165) is 5.56 Å². The number of nitriles is 1. The third kappa shape index (κ3) is 6.03. The molecule has 170 valence electrons. The Bertz CT molecular complexity index is 1210. The zero-order valence-electron chi connectivity index (χ0n) is 17.4. The van der Waals surface area contributed by atoms with Gasteiger partial charge in [-0.15, -0.1) is 0 Å². The Morgan fingerprint density at radius 2 is 1.76 bits per heavy atom. The molecule has 5 nitrogen and oxygen atoms in total. The number of Topliss-reactive ketones (excluding diaryl/α,β-unsaturated/α-hetero) is 1. The van der Waals surface area contributed by atoms with Gasteiger partial charge < -0.3 is 10.6 Å². The molecule has 1 amide bonds. The average Bonchev–Trinajstić information content (AvgIpc) is 2.74. The van der Waals surface area contributed by atoms with Crippen molar-refractivity contribution < 1.29 is 9.59 Å². The Hall–Kier alpha value is -1.76. The Labute approximate surface area is 222 Å². The number of benzene rings is 2. The topological polar surface area (TPSA) is 82.0 Å². The molecule has 0 bridgehead atoms. The van der Waals surface area contributed by atoms with Crippen molar-refractivity contribution >= 4 is 84.2 Å². The maximum Gasteiger partial charge on any atom is 0.234 e. The number of halogens is 4. The predicted octanol–water partition coefficient (Wildman–Crippen LogP) is 7.18. The Kier molecular flexibility index (Phi) is 8.70. The number of ketones is 1. The second-order valence-corrected chi connectivity index (χ2v) is 10.7. The largest absolute Gasteiger partial charge is 0.353 e. The lowest BCUT2D eigenvalue weighted by Crippen LogP contribution is -2.27. The minimum Gasteiger partial charge on any atom is -0.353 e. The van der Waals surface area contributed by atoms with Crippen LogP contribution in [0.25, 0.3) is 0 Å². The molecule has 3 rings (SSSR count). The molecular formula is C23H17Br2Cl2N3O2S. The van der Waals surface area contributed by atoms with Crippen LogP contribution in [0, 0.1) is 11.3 Å². The van der Waals surface area contributed by atoms with E-state index < -0.39 is 5.92 Å². The van der Waals surface area contributed by atoms with Gasteiger partial charge in [-0.1, -0.05) is 47.1 Å². The number of thioether (sulfide) groups is 1. The number of anilines is 1. The molecule has 0 radical (unpaired) electrons. The average molecular weight is 630 g/mol. The summed E-state index contributed by atoms with van der Waals surface area (Å²) in [5.74, 6) is -0.897. The van der Waals surface area contributed by atoms with Crippen LogP contribution in [-0.2, 0) is 9.59 Å². The molecule has 0 aromatic heterocycles. The molecule has 1 aliphatic heterocycles. The summed E-state index contributed by atoms with van der Waals surface area (Å²) in [5.41, 5.74) is 2.87. The second-order valence-electron chi connectivity index (χ2n) is 7.14. The molecule has 0 aliphatic carbocycles. The number of dihydropyridines is 1. The molecule has 2 aromatic carbocycles. The lowest BCUT2D eigenvalue weighted by Gasteiger charge is -2.29. The van der Waals surface area contributed by atoms with Gasteiger partial charge in [-0.2, -0.15) is 5.26 Å². The third-order valence-corrected chi connectivity index (χ3v) is 7.59. The first-order chi connectivity index (χ1) is 15.6. The minimum absolute atomic E-state index is 0.0467. The highest BCUT2D eigenvalue weighted by Gasteiger charge is 2.33. The van der Waals surface area contributed by atoms with Crippen LogP contribution in [0.5, 0.6) is 0 Å².